The molecular weight excluding hydrogens is 354 g/mol. The summed E-state index contributed by atoms with van der Waals surface area (Å²) in [4.78, 5) is 21.7. The van der Waals surface area contributed by atoms with Crippen molar-refractivity contribution < 1.29 is 18.1 Å². The first-order valence-corrected chi connectivity index (χ1v) is 8.89. The lowest BCUT2D eigenvalue weighted by Gasteiger charge is -2.08. The molecular formula is C14H13N3O5S2. The molecule has 2 N–H and O–H groups in total. The molecule has 1 amide bonds. The Hall–Kier alpha value is -2.59. The van der Waals surface area contributed by atoms with Gasteiger partial charge in [0.05, 0.1) is 9.82 Å². The van der Waals surface area contributed by atoms with Crippen LogP contribution in [-0.2, 0) is 14.8 Å². The summed E-state index contributed by atoms with van der Waals surface area (Å²) in [5.41, 5.74) is 0.645. The van der Waals surface area contributed by atoms with Crippen LogP contribution >= 0.6 is 11.9 Å². The Bertz CT molecular complexity index is 849. The summed E-state index contributed by atoms with van der Waals surface area (Å²) in [6.07, 6.45) is 0. The van der Waals surface area contributed by atoms with Gasteiger partial charge in [-0.3, -0.25) is 14.9 Å². The van der Waals surface area contributed by atoms with E-state index in [2.05, 4.69) is 4.72 Å². The fourth-order valence-electron chi connectivity index (χ4n) is 1.70. The number of hydrogen-bond donors (Lipinski definition) is 2. The average Bonchev–Trinajstić information content (AvgIpc) is 2.52. The van der Waals surface area contributed by atoms with Crippen molar-refractivity contribution in [3.8, 4) is 0 Å². The number of amides is 1. The van der Waals surface area contributed by atoms with E-state index < -0.39 is 20.9 Å². The van der Waals surface area contributed by atoms with Crippen molar-refractivity contribution in [2.75, 3.05) is 4.72 Å². The van der Waals surface area contributed by atoms with Gasteiger partial charge >= 0.3 is 0 Å². The zero-order valence-electron chi connectivity index (χ0n) is 12.4. The predicted molar refractivity (Wildman–Crippen MR) is 90.0 cm³/mol. The number of nitro benzene ring substituents is 1. The highest BCUT2D eigenvalue weighted by Gasteiger charge is 2.14. The first-order chi connectivity index (χ1) is 11.3. The minimum atomic E-state index is -3.85. The number of anilines is 1. The lowest BCUT2D eigenvalue weighted by Crippen LogP contribution is -2.28. The van der Waals surface area contributed by atoms with Crippen LogP contribution < -0.4 is 9.44 Å². The Morgan fingerprint density at radius 2 is 1.67 bits per heavy atom. The van der Waals surface area contributed by atoms with Gasteiger partial charge in [0, 0.05) is 29.6 Å². The second-order valence-electron chi connectivity index (χ2n) is 4.64. The number of carbonyl (C=O) groups excluding carboxylic acids is 1. The van der Waals surface area contributed by atoms with Gasteiger partial charge in [-0.05, 0) is 48.3 Å². The van der Waals surface area contributed by atoms with Crippen LogP contribution in [0.25, 0.3) is 0 Å². The highest BCUT2D eigenvalue weighted by molar-refractivity contribution is 8.00. The van der Waals surface area contributed by atoms with E-state index in [9.17, 15) is 23.3 Å². The van der Waals surface area contributed by atoms with E-state index in [1.807, 2.05) is 4.72 Å². The van der Waals surface area contributed by atoms with E-state index in [-0.39, 0.29) is 10.6 Å². The summed E-state index contributed by atoms with van der Waals surface area (Å²) in [7, 11) is -3.85. The van der Waals surface area contributed by atoms with Gasteiger partial charge in [0.15, 0.2) is 0 Å². The molecule has 2 rings (SSSR count). The highest BCUT2D eigenvalue weighted by atomic mass is 32.2. The molecule has 8 nitrogen and oxygen atoms in total. The molecule has 0 unspecified atom stereocenters. The maximum absolute atomic E-state index is 11.8. The van der Waals surface area contributed by atoms with E-state index in [1.54, 1.807) is 24.3 Å². The topological polar surface area (TPSA) is 118 Å². The van der Waals surface area contributed by atoms with Crippen molar-refractivity contribution in [3.63, 3.8) is 0 Å². The number of non-ortho nitro benzene ring substituents is 1. The zero-order chi connectivity index (χ0) is 17.7. The number of rotatable bonds is 6. The molecule has 0 aliphatic carbocycles. The molecule has 10 heteroatoms. The Balaban J connectivity index is 2.01. The lowest BCUT2D eigenvalue weighted by molar-refractivity contribution is -0.384. The minimum absolute atomic E-state index is 0.00637. The summed E-state index contributed by atoms with van der Waals surface area (Å²) >= 11 is 1.23. The van der Waals surface area contributed by atoms with Crippen LogP contribution in [0.15, 0.2) is 58.3 Å². The predicted octanol–water partition coefficient (Wildman–Crippen LogP) is 2.54. The Labute approximate surface area is 142 Å². The van der Waals surface area contributed by atoms with Gasteiger partial charge in [-0.2, -0.15) is 0 Å². The van der Waals surface area contributed by atoms with E-state index in [1.165, 1.54) is 36.2 Å². The first-order valence-electron chi connectivity index (χ1n) is 6.59. The van der Waals surface area contributed by atoms with Crippen LogP contribution in [0.4, 0.5) is 11.4 Å². The monoisotopic (exact) mass is 367 g/mol. The third-order valence-corrected chi connectivity index (χ3v) is 5.07. The fraction of sp³-hybridized carbons (Fsp3) is 0.0714. The fourth-order valence-corrected chi connectivity index (χ4v) is 3.34. The number of sulfonamides is 1. The number of benzene rings is 2. The summed E-state index contributed by atoms with van der Waals surface area (Å²) in [5.74, 6) is -0.661. The van der Waals surface area contributed by atoms with Crippen LogP contribution in [0.2, 0.25) is 0 Å². The third-order valence-electron chi connectivity index (χ3n) is 2.78. The molecule has 2 aromatic carbocycles. The summed E-state index contributed by atoms with van der Waals surface area (Å²) in [6.45, 7) is 1.12. The number of nitro groups is 1. The molecule has 0 radical (unpaired) electrons. The number of carbonyl (C=O) groups is 1. The van der Waals surface area contributed by atoms with Gasteiger partial charge in [-0.25, -0.2) is 13.1 Å². The summed E-state index contributed by atoms with van der Waals surface area (Å²) in [6, 6.07) is 11.8. The maximum atomic E-state index is 11.8. The van der Waals surface area contributed by atoms with Gasteiger partial charge in [0.2, 0.25) is 5.91 Å². The van der Waals surface area contributed by atoms with Gasteiger partial charge in [0.1, 0.15) is 0 Å². The van der Waals surface area contributed by atoms with Gasteiger partial charge < -0.3 is 4.72 Å². The van der Waals surface area contributed by atoms with Crippen LogP contribution in [0.5, 0.6) is 0 Å². The smallest absolute Gasteiger partial charge is 0.269 e. The molecule has 2 aromatic rings. The van der Waals surface area contributed by atoms with E-state index >= 15 is 0 Å². The highest BCUT2D eigenvalue weighted by Crippen LogP contribution is 2.24. The lowest BCUT2D eigenvalue weighted by atomic mass is 10.3. The van der Waals surface area contributed by atoms with Gasteiger partial charge in [-0.15, -0.1) is 0 Å². The second kappa shape index (κ2) is 7.32. The maximum Gasteiger partial charge on any atom is 0.269 e. The Morgan fingerprint density at radius 1 is 1.08 bits per heavy atom. The standard InChI is InChI=1S/C14H13N3O5S2/c1-10(18)16-24(21,22)14-8-2-11(3-9-14)15-23-13-6-4-12(5-7-13)17(19)20/h2-9,15H,1H3,(H,16,18). The molecule has 24 heavy (non-hydrogen) atoms. The Kier molecular flexibility index (Phi) is 5.42. The molecule has 0 aliphatic heterocycles. The van der Waals surface area contributed by atoms with Crippen molar-refractivity contribution in [2.45, 2.75) is 16.7 Å². The van der Waals surface area contributed by atoms with Crippen LogP contribution in [-0.4, -0.2) is 19.2 Å². The summed E-state index contributed by atoms with van der Waals surface area (Å²) < 4.78 is 28.5. The van der Waals surface area contributed by atoms with Crippen LogP contribution in [0.1, 0.15) is 6.92 Å². The molecule has 0 atom stereocenters. The third kappa shape index (κ3) is 4.70. The quantitative estimate of drug-likeness (QED) is 0.457. The second-order valence-corrected chi connectivity index (χ2v) is 7.20. The minimum Gasteiger partial charge on any atom is -0.326 e. The summed E-state index contributed by atoms with van der Waals surface area (Å²) in [5, 5.41) is 10.6. The van der Waals surface area contributed by atoms with E-state index in [4.69, 9.17) is 0 Å². The molecule has 0 aliphatic rings. The Morgan fingerprint density at radius 3 is 2.17 bits per heavy atom. The SMILES string of the molecule is CC(=O)NS(=O)(=O)c1ccc(NSc2ccc([N+](=O)[O-])cc2)cc1. The van der Waals surface area contributed by atoms with Crippen LogP contribution in [0, 0.1) is 10.1 Å². The van der Waals surface area contributed by atoms with E-state index in [0.717, 1.165) is 11.8 Å². The molecule has 0 heterocycles. The van der Waals surface area contributed by atoms with Gasteiger partial charge in [-0.1, -0.05) is 0 Å². The molecule has 0 saturated heterocycles. The van der Waals surface area contributed by atoms with Crippen LogP contribution in [0.3, 0.4) is 0 Å². The zero-order valence-corrected chi connectivity index (χ0v) is 14.1. The van der Waals surface area contributed by atoms with Gasteiger partial charge in [0.25, 0.3) is 15.7 Å². The van der Waals surface area contributed by atoms with Crippen molar-refractivity contribution in [1.82, 2.24) is 4.72 Å². The van der Waals surface area contributed by atoms with Crippen molar-refractivity contribution in [3.05, 3.63) is 58.6 Å². The normalized spacial score (nSPS) is 10.9. The van der Waals surface area contributed by atoms with Crippen molar-refractivity contribution in [2.24, 2.45) is 0 Å². The van der Waals surface area contributed by atoms with Crippen molar-refractivity contribution in [1.29, 1.82) is 0 Å². The van der Waals surface area contributed by atoms with E-state index in [0.29, 0.717) is 5.69 Å². The average molecular weight is 367 g/mol. The molecule has 0 saturated carbocycles. The number of nitrogens with one attached hydrogen (secondary N) is 2. The van der Waals surface area contributed by atoms with Crippen molar-refractivity contribution >= 4 is 39.3 Å². The first kappa shape index (κ1) is 17.8. The number of hydrogen-bond acceptors (Lipinski definition) is 7. The molecule has 0 fully saturated rings. The largest absolute Gasteiger partial charge is 0.326 e. The molecule has 0 spiro atoms. The molecule has 126 valence electrons. The number of nitrogens with zero attached hydrogens (tertiary/aromatic N) is 1. The molecule has 0 aromatic heterocycles. The molecule has 0 bridgehead atoms.